The van der Waals surface area contributed by atoms with E-state index in [9.17, 15) is 0 Å². The van der Waals surface area contributed by atoms with E-state index in [1.807, 2.05) is 48.5 Å². The van der Waals surface area contributed by atoms with Crippen LogP contribution in [-0.4, -0.2) is 52.9 Å². The van der Waals surface area contributed by atoms with Crippen LogP contribution in [0.3, 0.4) is 0 Å². The van der Waals surface area contributed by atoms with Gasteiger partial charge in [0.05, 0.1) is 13.2 Å². The normalized spacial score (nSPS) is 16.8. The predicted octanol–water partition coefficient (Wildman–Crippen LogP) is 2.95. The summed E-state index contributed by atoms with van der Waals surface area (Å²) in [5.41, 5.74) is 0. The molecule has 0 saturated heterocycles. The minimum absolute atomic E-state index is 0.229. The van der Waals surface area contributed by atoms with Crippen molar-refractivity contribution in [3.8, 4) is 23.0 Å². The van der Waals surface area contributed by atoms with E-state index in [0.717, 1.165) is 0 Å². The second-order valence-electron chi connectivity index (χ2n) is 5.68. The summed E-state index contributed by atoms with van der Waals surface area (Å²) < 4.78 is 34.3. The Bertz CT molecular complexity index is 619. The van der Waals surface area contributed by atoms with Crippen LogP contribution in [0, 0.1) is 0 Å². The van der Waals surface area contributed by atoms with E-state index >= 15 is 0 Å². The smallest absolute Gasteiger partial charge is 0.161 e. The third kappa shape index (κ3) is 5.28. The van der Waals surface area contributed by atoms with Gasteiger partial charge in [-0.3, -0.25) is 0 Å². The van der Waals surface area contributed by atoms with E-state index in [-0.39, 0.29) is 6.10 Å². The van der Waals surface area contributed by atoms with Crippen LogP contribution < -0.4 is 18.9 Å². The van der Waals surface area contributed by atoms with E-state index < -0.39 is 0 Å². The van der Waals surface area contributed by atoms with Crippen LogP contribution in [0.25, 0.3) is 0 Å². The van der Waals surface area contributed by atoms with Gasteiger partial charge in [0.25, 0.3) is 0 Å². The SMILES string of the molecule is COC1COc2ccccc2OCCOCCOc2ccccc2OC1. The summed E-state index contributed by atoms with van der Waals surface area (Å²) in [5.74, 6) is 2.71. The molecule has 0 unspecified atom stereocenters. The molecule has 0 N–H and O–H groups in total. The van der Waals surface area contributed by atoms with E-state index in [1.165, 1.54) is 0 Å². The number of benzene rings is 2. The zero-order valence-corrected chi connectivity index (χ0v) is 14.9. The van der Waals surface area contributed by atoms with Gasteiger partial charge in [0.1, 0.15) is 32.5 Å². The van der Waals surface area contributed by atoms with Gasteiger partial charge in [0.2, 0.25) is 0 Å². The number of methoxy groups -OCH3 is 1. The number of hydrogen-bond donors (Lipinski definition) is 0. The molecule has 2 aromatic carbocycles. The lowest BCUT2D eigenvalue weighted by molar-refractivity contribution is 0.0204. The van der Waals surface area contributed by atoms with Crippen LogP contribution in [0.2, 0.25) is 0 Å². The van der Waals surface area contributed by atoms with Gasteiger partial charge in [-0.15, -0.1) is 0 Å². The Morgan fingerprint density at radius 2 is 1.08 bits per heavy atom. The molecule has 26 heavy (non-hydrogen) atoms. The molecule has 6 heteroatoms. The fraction of sp³-hybridized carbons (Fsp3) is 0.400. The average molecular weight is 360 g/mol. The van der Waals surface area contributed by atoms with Gasteiger partial charge >= 0.3 is 0 Å². The highest BCUT2D eigenvalue weighted by Crippen LogP contribution is 2.28. The third-order valence-electron chi connectivity index (χ3n) is 3.85. The first-order valence-electron chi connectivity index (χ1n) is 8.66. The second kappa shape index (κ2) is 9.89. The lowest BCUT2D eigenvalue weighted by Crippen LogP contribution is -2.27. The highest BCUT2D eigenvalue weighted by atomic mass is 16.6. The maximum atomic E-state index is 5.88. The molecule has 1 aliphatic heterocycles. The van der Waals surface area contributed by atoms with Gasteiger partial charge in [-0.2, -0.15) is 0 Å². The molecule has 0 aromatic heterocycles. The van der Waals surface area contributed by atoms with Crippen LogP contribution in [0.1, 0.15) is 0 Å². The summed E-state index contributed by atoms with van der Waals surface area (Å²) in [4.78, 5) is 0. The summed E-state index contributed by atoms with van der Waals surface area (Å²) in [7, 11) is 1.64. The summed E-state index contributed by atoms with van der Waals surface area (Å²) in [6.07, 6.45) is -0.229. The van der Waals surface area contributed by atoms with Gasteiger partial charge in [0.15, 0.2) is 23.0 Å². The van der Waals surface area contributed by atoms with Crippen molar-refractivity contribution in [1.29, 1.82) is 0 Å². The highest BCUT2D eigenvalue weighted by molar-refractivity contribution is 5.40. The van der Waals surface area contributed by atoms with Crippen molar-refractivity contribution in [1.82, 2.24) is 0 Å². The largest absolute Gasteiger partial charge is 0.487 e. The van der Waals surface area contributed by atoms with E-state index in [2.05, 4.69) is 0 Å². The van der Waals surface area contributed by atoms with Gasteiger partial charge < -0.3 is 28.4 Å². The molecular weight excluding hydrogens is 336 g/mol. The van der Waals surface area contributed by atoms with Crippen molar-refractivity contribution in [3.05, 3.63) is 48.5 Å². The second-order valence-corrected chi connectivity index (χ2v) is 5.68. The Labute approximate surface area is 153 Å². The lowest BCUT2D eigenvalue weighted by atomic mass is 10.3. The molecule has 0 fully saturated rings. The quantitative estimate of drug-likeness (QED) is 0.779. The topological polar surface area (TPSA) is 55.4 Å². The average Bonchev–Trinajstić information content (AvgIpc) is 2.68. The van der Waals surface area contributed by atoms with Crippen LogP contribution in [-0.2, 0) is 9.47 Å². The van der Waals surface area contributed by atoms with Crippen LogP contribution >= 0.6 is 0 Å². The molecule has 1 heterocycles. The molecule has 0 saturated carbocycles. The number of ether oxygens (including phenoxy) is 6. The summed E-state index contributed by atoms with van der Waals surface area (Å²) >= 11 is 0. The van der Waals surface area contributed by atoms with Crippen molar-refractivity contribution in [3.63, 3.8) is 0 Å². The molecule has 0 bridgehead atoms. The molecule has 0 amide bonds. The Morgan fingerprint density at radius 1 is 0.654 bits per heavy atom. The maximum Gasteiger partial charge on any atom is 0.161 e. The zero-order chi connectivity index (χ0) is 18.0. The summed E-state index contributed by atoms with van der Waals surface area (Å²) in [6.45, 7) is 2.50. The fourth-order valence-electron chi connectivity index (χ4n) is 2.45. The Morgan fingerprint density at radius 3 is 1.50 bits per heavy atom. The van der Waals surface area contributed by atoms with Gasteiger partial charge in [0, 0.05) is 7.11 Å². The van der Waals surface area contributed by atoms with Crippen molar-refractivity contribution >= 4 is 0 Å². The molecule has 0 atom stereocenters. The van der Waals surface area contributed by atoms with Crippen molar-refractivity contribution < 1.29 is 28.4 Å². The van der Waals surface area contributed by atoms with Crippen LogP contribution in [0.4, 0.5) is 0 Å². The first-order valence-corrected chi connectivity index (χ1v) is 8.66. The zero-order valence-electron chi connectivity index (χ0n) is 14.9. The lowest BCUT2D eigenvalue weighted by Gasteiger charge is -2.20. The molecule has 3 rings (SSSR count). The van der Waals surface area contributed by atoms with Crippen LogP contribution in [0.5, 0.6) is 23.0 Å². The maximum absolute atomic E-state index is 5.88. The van der Waals surface area contributed by atoms with Gasteiger partial charge in [-0.1, -0.05) is 24.3 Å². The van der Waals surface area contributed by atoms with Gasteiger partial charge in [-0.25, -0.2) is 0 Å². The van der Waals surface area contributed by atoms with E-state index in [0.29, 0.717) is 62.6 Å². The van der Waals surface area contributed by atoms with E-state index in [4.69, 9.17) is 28.4 Å². The molecule has 0 radical (unpaired) electrons. The summed E-state index contributed by atoms with van der Waals surface area (Å²) in [5, 5.41) is 0. The van der Waals surface area contributed by atoms with Crippen LogP contribution in [0.15, 0.2) is 48.5 Å². The Balaban J connectivity index is 1.71. The highest BCUT2D eigenvalue weighted by Gasteiger charge is 2.14. The van der Waals surface area contributed by atoms with Crippen molar-refractivity contribution in [2.75, 3.05) is 46.8 Å². The molecule has 140 valence electrons. The first-order chi connectivity index (χ1) is 12.9. The van der Waals surface area contributed by atoms with Gasteiger partial charge in [-0.05, 0) is 24.3 Å². The monoisotopic (exact) mass is 360 g/mol. The molecule has 0 spiro atoms. The number of fused-ring (bicyclic) bond motifs is 2. The molecule has 6 nitrogen and oxygen atoms in total. The molecular formula is C20H24O6. The van der Waals surface area contributed by atoms with Crippen molar-refractivity contribution in [2.45, 2.75) is 6.10 Å². The third-order valence-corrected chi connectivity index (χ3v) is 3.85. The Kier molecular flexibility index (Phi) is 6.98. The molecule has 2 aromatic rings. The number of rotatable bonds is 1. The molecule has 1 aliphatic rings. The van der Waals surface area contributed by atoms with Crippen molar-refractivity contribution in [2.24, 2.45) is 0 Å². The predicted molar refractivity (Wildman–Crippen MR) is 96.5 cm³/mol. The molecule has 0 aliphatic carbocycles. The minimum atomic E-state index is -0.229. The minimum Gasteiger partial charge on any atom is -0.487 e. The fourth-order valence-corrected chi connectivity index (χ4v) is 2.45. The standard InChI is InChI=1S/C20H24O6/c1-21-16-14-25-19-8-4-2-6-17(19)23-12-10-22-11-13-24-18-7-3-5-9-20(18)26-15-16/h2-9,16H,10-15H2,1H3. The van der Waals surface area contributed by atoms with E-state index in [1.54, 1.807) is 7.11 Å². The Hall–Kier alpha value is -2.44. The first kappa shape index (κ1) is 18.4. The number of para-hydroxylation sites is 4. The summed E-state index contributed by atoms with van der Waals surface area (Å²) in [6, 6.07) is 15.1. The number of hydrogen-bond acceptors (Lipinski definition) is 6.